The summed E-state index contributed by atoms with van der Waals surface area (Å²) in [7, 11) is 0. The lowest BCUT2D eigenvalue weighted by Crippen LogP contribution is -2.46. The molecule has 1 aliphatic heterocycles. The molecule has 21 heavy (non-hydrogen) atoms. The Hall–Kier alpha value is -1.62. The van der Waals surface area contributed by atoms with Gasteiger partial charge in [-0.3, -0.25) is 5.32 Å². The minimum atomic E-state index is -0.111. The maximum Gasteiger partial charge on any atom is 0.323 e. The van der Waals surface area contributed by atoms with Crippen molar-refractivity contribution >= 4 is 11.8 Å². The topological polar surface area (TPSA) is 65.5 Å². The highest BCUT2D eigenvalue weighted by Gasteiger charge is 2.28. The van der Waals surface area contributed by atoms with E-state index in [1.807, 2.05) is 18.2 Å². The molecule has 114 valence electrons. The van der Waals surface area contributed by atoms with Crippen LogP contribution < -0.4 is 5.32 Å². The Kier molecular flexibility index (Phi) is 4.10. The highest BCUT2D eigenvalue weighted by Crippen LogP contribution is 2.39. The molecule has 1 aliphatic carbocycles. The molecule has 0 radical (unpaired) electrons. The standard InChI is InChI=1S/C16H23N3O2/c1-11-7-12(10-20)9-19(8-11)16(21)18-15-4-2-3-14(17-15)13-5-6-13/h2-4,11-13,20H,5-10H2,1H3,(H,17,18,21). The van der Waals surface area contributed by atoms with Crippen molar-refractivity contribution in [3.05, 3.63) is 23.9 Å². The number of nitrogens with zero attached hydrogens (tertiary/aromatic N) is 2. The second-order valence-electron chi connectivity index (χ2n) is 6.45. The molecule has 0 bridgehead atoms. The number of rotatable bonds is 3. The summed E-state index contributed by atoms with van der Waals surface area (Å²) in [6, 6.07) is 5.70. The Morgan fingerprint density at radius 1 is 1.43 bits per heavy atom. The average Bonchev–Trinajstić information content (AvgIpc) is 3.31. The maximum absolute atomic E-state index is 12.4. The van der Waals surface area contributed by atoms with Crippen molar-refractivity contribution in [2.24, 2.45) is 11.8 Å². The summed E-state index contributed by atoms with van der Waals surface area (Å²) in [6.45, 7) is 3.62. The molecule has 2 fully saturated rings. The van der Waals surface area contributed by atoms with Crippen LogP contribution in [0.25, 0.3) is 0 Å². The Labute approximate surface area is 125 Å². The molecule has 2 heterocycles. The van der Waals surface area contributed by atoms with Gasteiger partial charge in [0.05, 0.1) is 0 Å². The second-order valence-corrected chi connectivity index (χ2v) is 6.45. The number of hydrogen-bond donors (Lipinski definition) is 2. The molecule has 2 N–H and O–H groups in total. The first-order valence-corrected chi connectivity index (χ1v) is 7.79. The number of aliphatic hydroxyl groups excluding tert-OH is 1. The fourth-order valence-corrected chi connectivity index (χ4v) is 3.09. The molecule has 0 aromatic carbocycles. The van der Waals surface area contributed by atoms with Gasteiger partial charge >= 0.3 is 6.03 Å². The van der Waals surface area contributed by atoms with Crippen LogP contribution >= 0.6 is 0 Å². The average molecular weight is 289 g/mol. The van der Waals surface area contributed by atoms with E-state index in [0.717, 1.165) is 18.7 Å². The number of hydrogen-bond acceptors (Lipinski definition) is 3. The van der Waals surface area contributed by atoms with Crippen molar-refractivity contribution in [1.82, 2.24) is 9.88 Å². The third kappa shape index (κ3) is 3.53. The van der Waals surface area contributed by atoms with Gasteiger partial charge in [0.2, 0.25) is 0 Å². The summed E-state index contributed by atoms with van der Waals surface area (Å²) in [6.07, 6.45) is 3.38. The van der Waals surface area contributed by atoms with Gasteiger partial charge in [-0.05, 0) is 43.2 Å². The molecule has 3 rings (SSSR count). The highest BCUT2D eigenvalue weighted by molar-refractivity contribution is 5.88. The minimum absolute atomic E-state index is 0.111. The zero-order valence-corrected chi connectivity index (χ0v) is 12.5. The third-order valence-corrected chi connectivity index (χ3v) is 4.29. The Morgan fingerprint density at radius 2 is 2.24 bits per heavy atom. The van der Waals surface area contributed by atoms with Crippen LogP contribution in [0, 0.1) is 11.8 Å². The van der Waals surface area contributed by atoms with E-state index in [2.05, 4.69) is 17.2 Å². The van der Waals surface area contributed by atoms with Gasteiger partial charge in [0.1, 0.15) is 5.82 Å². The van der Waals surface area contributed by atoms with Crippen molar-refractivity contribution in [2.45, 2.75) is 32.1 Å². The minimum Gasteiger partial charge on any atom is -0.396 e. The number of pyridine rings is 1. The summed E-state index contributed by atoms with van der Waals surface area (Å²) >= 11 is 0. The molecular formula is C16H23N3O2. The summed E-state index contributed by atoms with van der Waals surface area (Å²) in [5, 5.41) is 12.2. The van der Waals surface area contributed by atoms with E-state index in [-0.39, 0.29) is 18.6 Å². The lowest BCUT2D eigenvalue weighted by Gasteiger charge is -2.35. The van der Waals surface area contributed by atoms with Crippen LogP contribution in [0.4, 0.5) is 10.6 Å². The van der Waals surface area contributed by atoms with Crippen LogP contribution in [-0.4, -0.2) is 40.7 Å². The van der Waals surface area contributed by atoms with Gasteiger partial charge in [-0.2, -0.15) is 0 Å². The normalized spacial score (nSPS) is 25.7. The van der Waals surface area contributed by atoms with Crippen molar-refractivity contribution in [3.8, 4) is 0 Å². The van der Waals surface area contributed by atoms with E-state index in [9.17, 15) is 9.90 Å². The van der Waals surface area contributed by atoms with Gasteiger partial charge in [0, 0.05) is 31.3 Å². The monoisotopic (exact) mass is 289 g/mol. The number of likely N-dealkylation sites (tertiary alicyclic amines) is 1. The molecule has 1 saturated carbocycles. The molecular weight excluding hydrogens is 266 g/mol. The molecule has 0 spiro atoms. The highest BCUT2D eigenvalue weighted by atomic mass is 16.3. The van der Waals surface area contributed by atoms with E-state index in [4.69, 9.17) is 0 Å². The Morgan fingerprint density at radius 3 is 2.95 bits per heavy atom. The summed E-state index contributed by atoms with van der Waals surface area (Å²) in [5.74, 6) is 1.82. The molecule has 2 atom stereocenters. The van der Waals surface area contributed by atoms with Crippen LogP contribution in [0.15, 0.2) is 18.2 Å². The van der Waals surface area contributed by atoms with Crippen molar-refractivity contribution in [2.75, 3.05) is 25.0 Å². The fourth-order valence-electron chi connectivity index (χ4n) is 3.09. The smallest absolute Gasteiger partial charge is 0.323 e. The predicted molar refractivity (Wildman–Crippen MR) is 81.2 cm³/mol. The number of carbonyl (C=O) groups excluding carboxylic acids is 1. The van der Waals surface area contributed by atoms with Crippen LogP contribution in [0.2, 0.25) is 0 Å². The number of carbonyl (C=O) groups is 1. The van der Waals surface area contributed by atoms with E-state index in [1.54, 1.807) is 4.90 Å². The van der Waals surface area contributed by atoms with Gasteiger partial charge in [-0.1, -0.05) is 13.0 Å². The first-order valence-electron chi connectivity index (χ1n) is 7.79. The first-order chi connectivity index (χ1) is 10.2. The molecule has 5 nitrogen and oxygen atoms in total. The lowest BCUT2D eigenvalue weighted by atomic mass is 9.91. The SMILES string of the molecule is CC1CC(CO)CN(C(=O)Nc2cccc(C3CC3)n2)C1. The number of anilines is 1. The van der Waals surface area contributed by atoms with Crippen LogP contribution in [0.3, 0.4) is 0 Å². The molecule has 5 heteroatoms. The van der Waals surface area contributed by atoms with Crippen LogP contribution in [0.5, 0.6) is 0 Å². The van der Waals surface area contributed by atoms with Crippen molar-refractivity contribution < 1.29 is 9.90 Å². The van der Waals surface area contributed by atoms with Gasteiger partial charge in [0.25, 0.3) is 0 Å². The van der Waals surface area contributed by atoms with E-state index in [1.165, 1.54) is 12.8 Å². The summed E-state index contributed by atoms with van der Waals surface area (Å²) < 4.78 is 0. The zero-order chi connectivity index (χ0) is 14.8. The van der Waals surface area contributed by atoms with Gasteiger partial charge in [-0.25, -0.2) is 9.78 Å². The van der Waals surface area contributed by atoms with Crippen molar-refractivity contribution in [1.29, 1.82) is 0 Å². The second kappa shape index (κ2) is 6.02. The van der Waals surface area contributed by atoms with Crippen LogP contribution in [0.1, 0.15) is 37.8 Å². The third-order valence-electron chi connectivity index (χ3n) is 4.29. The number of aliphatic hydroxyl groups is 1. The molecule has 2 unspecified atom stereocenters. The number of aromatic nitrogens is 1. The molecule has 1 aromatic heterocycles. The van der Waals surface area contributed by atoms with E-state index >= 15 is 0 Å². The largest absolute Gasteiger partial charge is 0.396 e. The van der Waals surface area contributed by atoms with E-state index in [0.29, 0.717) is 24.2 Å². The Bertz CT molecular complexity index is 516. The predicted octanol–water partition coefficient (Wildman–Crippen LogP) is 2.44. The molecule has 1 saturated heterocycles. The number of urea groups is 1. The van der Waals surface area contributed by atoms with E-state index < -0.39 is 0 Å². The van der Waals surface area contributed by atoms with Crippen LogP contribution in [-0.2, 0) is 0 Å². The first kappa shape index (κ1) is 14.3. The molecule has 2 aliphatic rings. The molecule has 1 aromatic rings. The lowest BCUT2D eigenvalue weighted by molar-refractivity contribution is 0.110. The van der Waals surface area contributed by atoms with Gasteiger partial charge in [-0.15, -0.1) is 0 Å². The number of nitrogens with one attached hydrogen (secondary N) is 1. The Balaban J connectivity index is 1.63. The summed E-state index contributed by atoms with van der Waals surface area (Å²) in [5.41, 5.74) is 1.08. The number of amides is 2. The number of piperidine rings is 1. The maximum atomic E-state index is 12.4. The van der Waals surface area contributed by atoms with Gasteiger partial charge in [0.15, 0.2) is 0 Å². The quantitative estimate of drug-likeness (QED) is 0.898. The summed E-state index contributed by atoms with van der Waals surface area (Å²) in [4.78, 5) is 18.7. The van der Waals surface area contributed by atoms with Crippen molar-refractivity contribution in [3.63, 3.8) is 0 Å². The molecule has 2 amide bonds. The zero-order valence-electron chi connectivity index (χ0n) is 12.5. The fraction of sp³-hybridized carbons (Fsp3) is 0.625. The van der Waals surface area contributed by atoms with Gasteiger partial charge < -0.3 is 10.0 Å².